The topological polar surface area (TPSA) is 46.5 Å². The van der Waals surface area contributed by atoms with Gasteiger partial charge in [-0.25, -0.2) is 0 Å². The molecule has 1 unspecified atom stereocenters. The van der Waals surface area contributed by atoms with E-state index in [1.165, 1.54) is 0 Å². The fourth-order valence-electron chi connectivity index (χ4n) is 1.46. The summed E-state index contributed by atoms with van der Waals surface area (Å²) >= 11 is 1.64. The molecule has 0 saturated carbocycles. The van der Waals surface area contributed by atoms with Crippen molar-refractivity contribution in [1.82, 2.24) is 0 Å². The van der Waals surface area contributed by atoms with Gasteiger partial charge >= 0.3 is 5.97 Å². The van der Waals surface area contributed by atoms with E-state index in [1.807, 2.05) is 38.1 Å². The molecule has 17 heavy (non-hydrogen) atoms. The Kier molecular flexibility index (Phi) is 5.91. The maximum atomic E-state index is 10.6. The highest BCUT2D eigenvalue weighted by molar-refractivity contribution is 7.99. The number of thioether (sulfide) groups is 1. The second-order valence-electron chi connectivity index (χ2n) is 3.76. The molecule has 0 aliphatic rings. The van der Waals surface area contributed by atoms with E-state index in [4.69, 9.17) is 9.84 Å². The summed E-state index contributed by atoms with van der Waals surface area (Å²) in [6, 6.07) is 7.88. The summed E-state index contributed by atoms with van der Waals surface area (Å²) in [5, 5.41) is 8.80. The number of benzene rings is 1. The number of carboxylic acids is 1. The first-order valence-electron chi connectivity index (χ1n) is 5.67. The lowest BCUT2D eigenvalue weighted by Crippen LogP contribution is -2.06. The molecule has 1 rings (SSSR count). The van der Waals surface area contributed by atoms with Crippen LogP contribution in [0.1, 0.15) is 25.8 Å². The zero-order chi connectivity index (χ0) is 12.7. The normalized spacial score (nSPS) is 12.1. The van der Waals surface area contributed by atoms with Gasteiger partial charge in [-0.05, 0) is 13.0 Å². The SMILES string of the molecule is CCOc1ccccc1CSC(C)CC(=O)O. The van der Waals surface area contributed by atoms with Crippen LogP contribution >= 0.6 is 11.8 Å². The maximum Gasteiger partial charge on any atom is 0.304 e. The van der Waals surface area contributed by atoms with E-state index in [9.17, 15) is 4.79 Å². The predicted octanol–water partition coefficient (Wildman–Crippen LogP) is 3.18. The monoisotopic (exact) mass is 254 g/mol. The number of carbonyl (C=O) groups is 1. The quantitative estimate of drug-likeness (QED) is 0.811. The van der Waals surface area contributed by atoms with Gasteiger partial charge in [-0.3, -0.25) is 4.79 Å². The van der Waals surface area contributed by atoms with Crippen molar-refractivity contribution in [2.75, 3.05) is 6.61 Å². The summed E-state index contributed by atoms with van der Waals surface area (Å²) in [5.41, 5.74) is 1.12. The van der Waals surface area contributed by atoms with Crippen LogP contribution in [0.3, 0.4) is 0 Å². The highest BCUT2D eigenvalue weighted by Gasteiger charge is 2.09. The molecule has 0 saturated heterocycles. The molecule has 0 bridgehead atoms. The maximum absolute atomic E-state index is 10.6. The average molecular weight is 254 g/mol. The molecule has 94 valence electrons. The van der Waals surface area contributed by atoms with Gasteiger partial charge < -0.3 is 9.84 Å². The summed E-state index contributed by atoms with van der Waals surface area (Å²) in [4.78, 5) is 10.6. The molecule has 0 aliphatic heterocycles. The lowest BCUT2D eigenvalue weighted by Gasteiger charge is -2.12. The zero-order valence-electron chi connectivity index (χ0n) is 10.2. The van der Waals surface area contributed by atoms with Crippen molar-refractivity contribution in [1.29, 1.82) is 0 Å². The molecule has 0 aromatic heterocycles. The van der Waals surface area contributed by atoms with Gasteiger partial charge in [0.25, 0.3) is 0 Å². The van der Waals surface area contributed by atoms with Crippen LogP contribution in [-0.2, 0) is 10.5 Å². The van der Waals surface area contributed by atoms with Crippen LogP contribution in [0.2, 0.25) is 0 Å². The summed E-state index contributed by atoms with van der Waals surface area (Å²) in [7, 11) is 0. The van der Waals surface area contributed by atoms with Crippen LogP contribution < -0.4 is 4.74 Å². The first-order valence-corrected chi connectivity index (χ1v) is 6.72. The number of carboxylic acid groups (broad SMARTS) is 1. The molecular formula is C13H18O3S. The van der Waals surface area contributed by atoms with Crippen molar-refractivity contribution in [2.24, 2.45) is 0 Å². The van der Waals surface area contributed by atoms with E-state index in [0.717, 1.165) is 17.1 Å². The molecule has 0 fully saturated rings. The Morgan fingerprint density at radius 3 is 2.82 bits per heavy atom. The number of rotatable bonds is 7. The van der Waals surface area contributed by atoms with E-state index in [2.05, 4.69) is 0 Å². The lowest BCUT2D eigenvalue weighted by atomic mass is 10.2. The zero-order valence-corrected chi connectivity index (χ0v) is 11.0. The largest absolute Gasteiger partial charge is 0.494 e. The molecule has 1 aromatic rings. The van der Waals surface area contributed by atoms with Crippen molar-refractivity contribution in [3.8, 4) is 5.75 Å². The van der Waals surface area contributed by atoms with Gasteiger partial charge in [-0.15, -0.1) is 0 Å². The van der Waals surface area contributed by atoms with Crippen LogP contribution in [0, 0.1) is 0 Å². The Morgan fingerprint density at radius 2 is 2.18 bits per heavy atom. The van der Waals surface area contributed by atoms with Crippen LogP contribution in [0.5, 0.6) is 5.75 Å². The molecule has 1 aromatic carbocycles. The molecular weight excluding hydrogens is 236 g/mol. The van der Waals surface area contributed by atoms with Crippen LogP contribution in [0.15, 0.2) is 24.3 Å². The Hall–Kier alpha value is -1.16. The number of ether oxygens (including phenoxy) is 1. The van der Waals surface area contributed by atoms with Gasteiger partial charge in [0.15, 0.2) is 0 Å². The Balaban J connectivity index is 2.53. The smallest absolute Gasteiger partial charge is 0.304 e. The Morgan fingerprint density at radius 1 is 1.47 bits per heavy atom. The van der Waals surface area contributed by atoms with E-state index in [0.29, 0.717) is 6.61 Å². The van der Waals surface area contributed by atoms with E-state index in [1.54, 1.807) is 11.8 Å². The third kappa shape index (κ3) is 5.13. The molecule has 0 amide bonds. The standard InChI is InChI=1S/C13H18O3S/c1-3-16-12-7-5-4-6-11(12)9-17-10(2)8-13(14)15/h4-7,10H,3,8-9H2,1-2H3,(H,14,15). The lowest BCUT2D eigenvalue weighted by molar-refractivity contribution is -0.136. The third-order valence-corrected chi connectivity index (χ3v) is 3.47. The van der Waals surface area contributed by atoms with E-state index >= 15 is 0 Å². The van der Waals surface area contributed by atoms with Crippen molar-refractivity contribution in [3.63, 3.8) is 0 Å². The van der Waals surface area contributed by atoms with Gasteiger partial charge in [-0.2, -0.15) is 11.8 Å². The molecule has 0 aliphatic carbocycles. The predicted molar refractivity (Wildman–Crippen MR) is 70.6 cm³/mol. The highest BCUT2D eigenvalue weighted by atomic mass is 32.2. The molecule has 0 spiro atoms. The summed E-state index contributed by atoms with van der Waals surface area (Å²) in [6.07, 6.45) is 0.196. The molecule has 1 atom stereocenters. The average Bonchev–Trinajstić information content (AvgIpc) is 2.27. The summed E-state index contributed by atoms with van der Waals surface area (Å²) in [5.74, 6) is 0.929. The molecule has 0 heterocycles. The second-order valence-corrected chi connectivity index (χ2v) is 5.19. The minimum absolute atomic E-state index is 0.113. The van der Waals surface area contributed by atoms with Gasteiger partial charge in [0.2, 0.25) is 0 Å². The molecule has 4 heteroatoms. The van der Waals surface area contributed by atoms with E-state index in [-0.39, 0.29) is 11.7 Å². The van der Waals surface area contributed by atoms with E-state index < -0.39 is 5.97 Å². The first-order chi connectivity index (χ1) is 8.13. The molecule has 0 radical (unpaired) electrons. The van der Waals surface area contributed by atoms with Crippen LogP contribution in [0.25, 0.3) is 0 Å². The van der Waals surface area contributed by atoms with Crippen molar-refractivity contribution in [3.05, 3.63) is 29.8 Å². The van der Waals surface area contributed by atoms with Gasteiger partial charge in [0.1, 0.15) is 5.75 Å². The van der Waals surface area contributed by atoms with Crippen molar-refractivity contribution in [2.45, 2.75) is 31.3 Å². The second kappa shape index (κ2) is 7.22. The van der Waals surface area contributed by atoms with Gasteiger partial charge in [0, 0.05) is 16.6 Å². The summed E-state index contributed by atoms with van der Waals surface area (Å²) in [6.45, 7) is 4.53. The summed E-state index contributed by atoms with van der Waals surface area (Å²) < 4.78 is 5.52. The van der Waals surface area contributed by atoms with Crippen LogP contribution in [-0.4, -0.2) is 22.9 Å². The van der Waals surface area contributed by atoms with Gasteiger partial charge in [0.05, 0.1) is 13.0 Å². The number of hydrogen-bond acceptors (Lipinski definition) is 3. The molecule has 3 nitrogen and oxygen atoms in total. The first kappa shape index (κ1) is 13.9. The van der Waals surface area contributed by atoms with Crippen LogP contribution in [0.4, 0.5) is 0 Å². The Bertz CT molecular complexity index is 365. The number of para-hydroxylation sites is 1. The third-order valence-electron chi connectivity index (χ3n) is 2.26. The highest BCUT2D eigenvalue weighted by Crippen LogP contribution is 2.26. The Labute approximate surface area is 106 Å². The van der Waals surface area contributed by atoms with Crippen molar-refractivity contribution >= 4 is 17.7 Å². The number of hydrogen-bond donors (Lipinski definition) is 1. The minimum Gasteiger partial charge on any atom is -0.494 e. The fraction of sp³-hybridized carbons (Fsp3) is 0.462. The fourth-order valence-corrected chi connectivity index (χ4v) is 2.42. The molecule has 1 N–H and O–H groups in total. The number of aliphatic carboxylic acids is 1. The minimum atomic E-state index is -0.747. The van der Waals surface area contributed by atoms with Crippen molar-refractivity contribution < 1.29 is 14.6 Å². The van der Waals surface area contributed by atoms with Gasteiger partial charge in [-0.1, -0.05) is 25.1 Å².